The molecule has 0 aliphatic carbocycles. The van der Waals surface area contributed by atoms with E-state index in [1.54, 1.807) is 6.07 Å². The zero-order valence-corrected chi connectivity index (χ0v) is 12.2. The average Bonchev–Trinajstić information content (AvgIpc) is 2.33. The van der Waals surface area contributed by atoms with Gasteiger partial charge in [0.25, 0.3) is 12.3 Å². The quantitative estimate of drug-likeness (QED) is 0.840. The number of alkyl halides is 2. The maximum atomic E-state index is 12.1. The van der Waals surface area contributed by atoms with E-state index in [-0.39, 0.29) is 16.1 Å². The number of carbonyl (C=O) groups is 1. The van der Waals surface area contributed by atoms with Gasteiger partial charge in [0.1, 0.15) is 11.3 Å². The van der Waals surface area contributed by atoms with Gasteiger partial charge in [-0.1, -0.05) is 32.4 Å². The van der Waals surface area contributed by atoms with Crippen molar-refractivity contribution in [2.45, 2.75) is 38.7 Å². The SMILES string of the molecule is CC(C)(C)c1cc(C(=O)NCC(O)C(F)F)cc(Cl)n1. The van der Waals surface area contributed by atoms with E-state index in [4.69, 9.17) is 16.7 Å². The first kappa shape index (κ1) is 16.8. The van der Waals surface area contributed by atoms with Gasteiger partial charge >= 0.3 is 0 Å². The van der Waals surface area contributed by atoms with Crippen LogP contribution in [0.15, 0.2) is 12.1 Å². The molecule has 1 aromatic rings. The number of amides is 1. The molecule has 112 valence electrons. The van der Waals surface area contributed by atoms with Crippen LogP contribution in [0.25, 0.3) is 0 Å². The van der Waals surface area contributed by atoms with Crippen LogP contribution >= 0.6 is 11.6 Å². The van der Waals surface area contributed by atoms with Gasteiger partial charge in [-0.15, -0.1) is 0 Å². The fraction of sp³-hybridized carbons (Fsp3) is 0.538. The molecule has 1 unspecified atom stereocenters. The maximum Gasteiger partial charge on any atom is 0.265 e. The van der Waals surface area contributed by atoms with Crippen molar-refractivity contribution >= 4 is 17.5 Å². The normalized spacial score (nSPS) is 13.4. The minimum Gasteiger partial charge on any atom is -0.385 e. The molecule has 0 fully saturated rings. The van der Waals surface area contributed by atoms with E-state index >= 15 is 0 Å². The Morgan fingerprint density at radius 1 is 1.45 bits per heavy atom. The van der Waals surface area contributed by atoms with E-state index < -0.39 is 25.0 Å². The molecule has 1 heterocycles. The van der Waals surface area contributed by atoms with Crippen molar-refractivity contribution in [2.75, 3.05) is 6.54 Å². The number of aliphatic hydroxyl groups excluding tert-OH is 1. The third-order valence-electron chi connectivity index (χ3n) is 2.59. The van der Waals surface area contributed by atoms with Crippen LogP contribution in [0.2, 0.25) is 5.15 Å². The first-order valence-electron chi connectivity index (χ1n) is 6.03. The predicted octanol–water partition coefficient (Wildman–Crippen LogP) is 2.39. The Balaban J connectivity index is 2.86. The van der Waals surface area contributed by atoms with Crippen molar-refractivity contribution in [1.29, 1.82) is 0 Å². The van der Waals surface area contributed by atoms with E-state index in [0.717, 1.165) is 0 Å². The fourth-order valence-corrected chi connectivity index (χ4v) is 1.61. The molecule has 20 heavy (non-hydrogen) atoms. The summed E-state index contributed by atoms with van der Waals surface area (Å²) in [7, 11) is 0. The van der Waals surface area contributed by atoms with Gasteiger partial charge in [0.05, 0.1) is 0 Å². The van der Waals surface area contributed by atoms with Gasteiger partial charge in [-0.2, -0.15) is 0 Å². The lowest BCUT2D eigenvalue weighted by Gasteiger charge is -2.19. The molecule has 4 nitrogen and oxygen atoms in total. The molecule has 7 heteroatoms. The van der Waals surface area contributed by atoms with Crippen LogP contribution < -0.4 is 5.32 Å². The predicted molar refractivity (Wildman–Crippen MR) is 72.3 cm³/mol. The molecule has 0 saturated carbocycles. The van der Waals surface area contributed by atoms with Gasteiger partial charge in [-0.25, -0.2) is 13.8 Å². The lowest BCUT2D eigenvalue weighted by Crippen LogP contribution is -2.36. The summed E-state index contributed by atoms with van der Waals surface area (Å²) in [6, 6.07) is 2.90. The monoisotopic (exact) mass is 306 g/mol. The van der Waals surface area contributed by atoms with Crippen LogP contribution in [0, 0.1) is 0 Å². The summed E-state index contributed by atoms with van der Waals surface area (Å²) >= 11 is 5.85. The topological polar surface area (TPSA) is 62.2 Å². The minimum absolute atomic E-state index is 0.150. The van der Waals surface area contributed by atoms with Crippen molar-refractivity contribution < 1.29 is 18.7 Å². The van der Waals surface area contributed by atoms with Crippen molar-refractivity contribution in [3.8, 4) is 0 Å². The highest BCUT2D eigenvalue weighted by Gasteiger charge is 2.21. The summed E-state index contributed by atoms with van der Waals surface area (Å²) in [6.07, 6.45) is -4.79. The molecule has 1 atom stereocenters. The number of hydrogen-bond donors (Lipinski definition) is 2. The largest absolute Gasteiger partial charge is 0.385 e. The summed E-state index contributed by atoms with van der Waals surface area (Å²) in [5.41, 5.74) is 0.531. The number of rotatable bonds is 4. The number of pyridine rings is 1. The van der Waals surface area contributed by atoms with Gasteiger partial charge in [-0.3, -0.25) is 4.79 Å². The summed E-state index contributed by atoms with van der Waals surface area (Å²) in [4.78, 5) is 16.0. The number of hydrogen-bond acceptors (Lipinski definition) is 3. The first-order valence-corrected chi connectivity index (χ1v) is 6.41. The zero-order valence-electron chi connectivity index (χ0n) is 11.5. The highest BCUT2D eigenvalue weighted by Crippen LogP contribution is 2.23. The highest BCUT2D eigenvalue weighted by molar-refractivity contribution is 6.29. The summed E-state index contributed by atoms with van der Waals surface area (Å²) < 4.78 is 24.3. The number of aliphatic hydroxyl groups is 1. The first-order chi connectivity index (χ1) is 9.11. The molecule has 0 saturated heterocycles. The Labute approximate surface area is 121 Å². The third kappa shape index (κ3) is 4.68. The molecule has 0 aliphatic rings. The Morgan fingerprint density at radius 2 is 2.05 bits per heavy atom. The second-order valence-electron chi connectivity index (χ2n) is 5.43. The van der Waals surface area contributed by atoms with E-state index in [0.29, 0.717) is 5.69 Å². The van der Waals surface area contributed by atoms with Gasteiger partial charge in [-0.05, 0) is 12.1 Å². The summed E-state index contributed by atoms with van der Waals surface area (Å²) in [6.45, 7) is 5.21. The molecule has 0 bridgehead atoms. The summed E-state index contributed by atoms with van der Waals surface area (Å²) in [5.74, 6) is -0.584. The zero-order chi connectivity index (χ0) is 15.5. The Kier molecular flexibility index (Phi) is 5.42. The number of nitrogens with one attached hydrogen (secondary N) is 1. The molecule has 0 aromatic carbocycles. The fourth-order valence-electron chi connectivity index (χ4n) is 1.40. The molecular formula is C13H17ClF2N2O2. The Hall–Kier alpha value is -1.27. The van der Waals surface area contributed by atoms with Crippen LogP contribution in [0.1, 0.15) is 36.8 Å². The van der Waals surface area contributed by atoms with Crippen molar-refractivity contribution in [1.82, 2.24) is 10.3 Å². The van der Waals surface area contributed by atoms with Crippen molar-refractivity contribution in [3.63, 3.8) is 0 Å². The number of halogens is 3. The van der Waals surface area contributed by atoms with E-state index in [2.05, 4.69) is 10.3 Å². The molecule has 0 spiro atoms. The molecule has 2 N–H and O–H groups in total. The van der Waals surface area contributed by atoms with E-state index in [1.807, 2.05) is 20.8 Å². The van der Waals surface area contributed by atoms with E-state index in [1.165, 1.54) is 6.07 Å². The van der Waals surface area contributed by atoms with Crippen LogP contribution in [0.4, 0.5) is 8.78 Å². The van der Waals surface area contributed by atoms with E-state index in [9.17, 15) is 13.6 Å². The molecule has 1 rings (SSSR count). The van der Waals surface area contributed by atoms with Gasteiger partial charge in [0, 0.05) is 23.2 Å². The highest BCUT2D eigenvalue weighted by atomic mass is 35.5. The lowest BCUT2D eigenvalue weighted by molar-refractivity contribution is -0.00270. The second kappa shape index (κ2) is 6.45. The lowest BCUT2D eigenvalue weighted by atomic mass is 9.91. The van der Waals surface area contributed by atoms with Crippen molar-refractivity contribution in [3.05, 3.63) is 28.5 Å². The van der Waals surface area contributed by atoms with Gasteiger partial charge in [0.15, 0.2) is 0 Å². The summed E-state index contributed by atoms with van der Waals surface area (Å²) in [5, 5.41) is 11.3. The minimum atomic E-state index is -2.90. The molecule has 1 amide bonds. The van der Waals surface area contributed by atoms with Crippen molar-refractivity contribution in [2.24, 2.45) is 0 Å². The second-order valence-corrected chi connectivity index (χ2v) is 5.81. The average molecular weight is 307 g/mol. The standard InChI is InChI=1S/C13H17ClF2N2O2/c1-13(2,3)9-4-7(5-10(14)18-9)12(20)17-6-8(19)11(15)16/h4-5,8,11,19H,6H2,1-3H3,(H,17,20). The van der Waals surface area contributed by atoms with Crippen LogP contribution in [0.5, 0.6) is 0 Å². The molecule has 0 aliphatic heterocycles. The third-order valence-corrected chi connectivity index (χ3v) is 2.78. The molecule has 0 radical (unpaired) electrons. The Bertz CT molecular complexity index is 490. The smallest absolute Gasteiger partial charge is 0.265 e. The molecule has 1 aromatic heterocycles. The molecular weight excluding hydrogens is 290 g/mol. The number of aromatic nitrogens is 1. The number of nitrogens with zero attached hydrogens (tertiary/aromatic N) is 1. The maximum absolute atomic E-state index is 12.1. The van der Waals surface area contributed by atoms with Crippen LogP contribution in [-0.2, 0) is 5.41 Å². The van der Waals surface area contributed by atoms with Crippen LogP contribution in [0.3, 0.4) is 0 Å². The Morgan fingerprint density at radius 3 is 2.55 bits per heavy atom. The van der Waals surface area contributed by atoms with Crippen LogP contribution in [-0.4, -0.2) is 35.1 Å². The van der Waals surface area contributed by atoms with Gasteiger partial charge in [0.2, 0.25) is 0 Å². The number of carbonyl (C=O) groups excluding carboxylic acids is 1. The van der Waals surface area contributed by atoms with Gasteiger partial charge < -0.3 is 10.4 Å².